The van der Waals surface area contributed by atoms with E-state index in [-0.39, 0.29) is 8.85 Å². The molecule has 4 nitrogen and oxygen atoms in total. The van der Waals surface area contributed by atoms with E-state index in [1.54, 1.807) is 0 Å². The van der Waals surface area contributed by atoms with Crippen molar-refractivity contribution in [2.24, 2.45) is 4.99 Å². The number of rotatable bonds is 1. The van der Waals surface area contributed by atoms with E-state index in [1.807, 2.05) is 84.4 Å². The minimum Gasteiger partial charge on any atom is -0.298 e. The average molecular weight is 397 g/mol. The van der Waals surface area contributed by atoms with Gasteiger partial charge in [0.15, 0.2) is 0 Å². The molecule has 160 valence electrons. The van der Waals surface area contributed by atoms with Crippen LogP contribution in [0.5, 0.6) is 0 Å². The molecule has 0 bridgehead atoms. The van der Waals surface area contributed by atoms with Crippen molar-refractivity contribution in [3.05, 3.63) is 71.9 Å². The predicted octanol–water partition coefficient (Wildman–Crippen LogP) is 7.56. The first-order valence-corrected chi connectivity index (χ1v) is 10.2. The van der Waals surface area contributed by atoms with E-state index >= 15 is 0 Å². The molecule has 4 heterocycles. The molecule has 1 aliphatic rings. The molecule has 1 aliphatic heterocycles. The summed E-state index contributed by atoms with van der Waals surface area (Å²) < 4.78 is 2.08. The molecule has 0 N–H and O–H groups in total. The van der Waals surface area contributed by atoms with Crippen molar-refractivity contribution in [1.29, 1.82) is 0 Å². The van der Waals surface area contributed by atoms with E-state index in [1.165, 1.54) is 11.3 Å². The summed E-state index contributed by atoms with van der Waals surface area (Å²) in [5.41, 5.74) is 6.59. The molecule has 0 aromatic carbocycles. The number of fused-ring (bicyclic) bond motifs is 1. The fourth-order valence-corrected chi connectivity index (χ4v) is 2.55. The van der Waals surface area contributed by atoms with Crippen LogP contribution < -0.4 is 0 Å². The maximum Gasteiger partial charge on any atom is 0.137 e. The van der Waals surface area contributed by atoms with Crippen LogP contribution in [0.4, 0.5) is 0 Å². The fraction of sp³-hybridized carbons (Fsp3) is 0.400. The Morgan fingerprint density at radius 2 is 1.62 bits per heavy atom. The number of allylic oxidation sites excluding steroid dienone is 1. The molecular weight excluding hydrogens is 356 g/mol. The molecule has 0 amide bonds. The standard InChI is InChI=1S/C13H13N3.C7H9N.2C2H6.CH4.H2/c1-10-5-4-6-11(15-10)12-9-14-13-7-2-3-8-16(12)13;1-6-3-4-7(2)8-5-6;2*1-2;;/h2-3,6-9H,4-5H2,1H3;3-5H,1-2H3;2*1-2H3;1H4;1H. The number of nitrogens with zero attached hydrogens (tertiary/aromatic N) is 4. The Hall–Kier alpha value is -2.75. The summed E-state index contributed by atoms with van der Waals surface area (Å²) in [7, 11) is 0. The average Bonchev–Trinajstić information content (AvgIpc) is 3.18. The van der Waals surface area contributed by atoms with E-state index in [2.05, 4.69) is 38.4 Å². The first-order chi connectivity index (χ1) is 13.6. The Bertz CT molecular complexity index is 872. The van der Waals surface area contributed by atoms with Gasteiger partial charge in [0.05, 0.1) is 17.6 Å². The lowest BCUT2D eigenvalue weighted by molar-refractivity contribution is 1.05. The third kappa shape index (κ3) is 8.02. The van der Waals surface area contributed by atoms with Gasteiger partial charge in [-0.3, -0.25) is 14.4 Å². The number of aryl methyl sites for hydroxylation is 2. The zero-order valence-electron chi connectivity index (χ0n) is 18.4. The topological polar surface area (TPSA) is 42.5 Å². The number of aliphatic imine (C=N–C) groups is 1. The first-order valence-electron chi connectivity index (χ1n) is 10.2. The highest BCUT2D eigenvalue weighted by Gasteiger charge is 2.10. The van der Waals surface area contributed by atoms with Gasteiger partial charge in [0.2, 0.25) is 0 Å². The van der Waals surface area contributed by atoms with Gasteiger partial charge in [-0.25, -0.2) is 4.98 Å². The molecule has 0 spiro atoms. The molecule has 0 saturated carbocycles. The van der Waals surface area contributed by atoms with Crippen LogP contribution in [0, 0.1) is 13.8 Å². The van der Waals surface area contributed by atoms with Crippen molar-refractivity contribution in [2.75, 3.05) is 0 Å². The highest BCUT2D eigenvalue weighted by Crippen LogP contribution is 2.22. The number of imidazole rings is 1. The lowest BCUT2D eigenvalue weighted by Gasteiger charge is -2.09. The molecule has 0 unspecified atom stereocenters. The van der Waals surface area contributed by atoms with Crippen molar-refractivity contribution >= 4 is 17.1 Å². The summed E-state index contributed by atoms with van der Waals surface area (Å²) in [4.78, 5) is 13.0. The summed E-state index contributed by atoms with van der Waals surface area (Å²) in [5, 5.41) is 0. The Labute approximate surface area is 178 Å². The molecule has 3 aromatic rings. The number of aromatic nitrogens is 3. The summed E-state index contributed by atoms with van der Waals surface area (Å²) in [5.74, 6) is 0. The van der Waals surface area contributed by atoms with Crippen LogP contribution in [0.15, 0.2) is 60.0 Å². The Kier molecular flexibility index (Phi) is 12.9. The van der Waals surface area contributed by atoms with Gasteiger partial charge in [-0.1, -0.05) is 53.3 Å². The lowest BCUT2D eigenvalue weighted by Crippen LogP contribution is -1.99. The van der Waals surface area contributed by atoms with Gasteiger partial charge in [0.1, 0.15) is 5.65 Å². The molecule has 0 saturated heterocycles. The second-order valence-corrected chi connectivity index (χ2v) is 6.02. The van der Waals surface area contributed by atoms with Crippen molar-refractivity contribution in [3.8, 4) is 0 Å². The normalized spacial score (nSPS) is 11.8. The van der Waals surface area contributed by atoms with Crippen LogP contribution in [0.1, 0.15) is 73.3 Å². The second kappa shape index (κ2) is 14.3. The SMILES string of the molecule is C.CC.CC.CC1=NC(c2cnc3ccccn23)=CCC1.Cc1ccc(C)nc1.[HH]. The predicted molar refractivity (Wildman–Crippen MR) is 131 cm³/mol. The van der Waals surface area contributed by atoms with E-state index in [0.29, 0.717) is 0 Å². The van der Waals surface area contributed by atoms with E-state index < -0.39 is 0 Å². The largest absolute Gasteiger partial charge is 0.298 e. The molecular formula is C25H40N4. The molecule has 0 atom stereocenters. The van der Waals surface area contributed by atoms with Gasteiger partial charge in [-0.05, 0) is 57.4 Å². The molecule has 4 heteroatoms. The van der Waals surface area contributed by atoms with Crippen molar-refractivity contribution in [2.45, 2.75) is 68.7 Å². The van der Waals surface area contributed by atoms with E-state index in [9.17, 15) is 0 Å². The van der Waals surface area contributed by atoms with Gasteiger partial charge in [0, 0.05) is 25.2 Å². The number of hydrogen-bond donors (Lipinski definition) is 0. The third-order valence-electron chi connectivity index (χ3n) is 3.89. The van der Waals surface area contributed by atoms with Gasteiger partial charge in [-0.2, -0.15) is 0 Å². The van der Waals surface area contributed by atoms with Crippen LogP contribution in [0.25, 0.3) is 11.3 Å². The van der Waals surface area contributed by atoms with Crippen molar-refractivity contribution < 1.29 is 1.43 Å². The van der Waals surface area contributed by atoms with Crippen LogP contribution in [0.2, 0.25) is 0 Å². The van der Waals surface area contributed by atoms with Crippen molar-refractivity contribution in [1.82, 2.24) is 14.4 Å². The Balaban J connectivity index is 0. The smallest absolute Gasteiger partial charge is 0.137 e. The molecule has 0 aliphatic carbocycles. The van der Waals surface area contributed by atoms with Crippen molar-refractivity contribution in [3.63, 3.8) is 0 Å². The summed E-state index contributed by atoms with van der Waals surface area (Å²) in [6, 6.07) is 10.1. The molecule has 0 radical (unpaired) electrons. The van der Waals surface area contributed by atoms with E-state index in [0.717, 1.165) is 35.6 Å². The van der Waals surface area contributed by atoms with Crippen LogP contribution in [0.3, 0.4) is 0 Å². The number of hydrogen-bond acceptors (Lipinski definition) is 3. The van der Waals surface area contributed by atoms with Crippen LogP contribution in [-0.4, -0.2) is 20.1 Å². The molecule has 29 heavy (non-hydrogen) atoms. The van der Waals surface area contributed by atoms with Gasteiger partial charge in [-0.15, -0.1) is 0 Å². The highest BCUT2D eigenvalue weighted by atomic mass is 15.0. The van der Waals surface area contributed by atoms with Gasteiger partial charge < -0.3 is 0 Å². The second-order valence-electron chi connectivity index (χ2n) is 6.02. The zero-order valence-corrected chi connectivity index (χ0v) is 18.4. The maximum absolute atomic E-state index is 4.59. The maximum atomic E-state index is 4.59. The summed E-state index contributed by atoms with van der Waals surface area (Å²) in [6.45, 7) is 14.1. The molecule has 0 fully saturated rings. The first kappa shape index (κ1) is 26.2. The van der Waals surface area contributed by atoms with Gasteiger partial charge in [0.25, 0.3) is 0 Å². The quantitative estimate of drug-likeness (QED) is 0.426. The number of pyridine rings is 2. The molecule has 3 aromatic heterocycles. The Morgan fingerprint density at radius 3 is 2.21 bits per heavy atom. The fourth-order valence-electron chi connectivity index (χ4n) is 2.55. The van der Waals surface area contributed by atoms with Crippen LogP contribution in [-0.2, 0) is 0 Å². The summed E-state index contributed by atoms with van der Waals surface area (Å²) in [6.07, 6.45) is 10.1. The third-order valence-corrected chi connectivity index (χ3v) is 3.89. The monoisotopic (exact) mass is 396 g/mol. The summed E-state index contributed by atoms with van der Waals surface area (Å²) >= 11 is 0. The zero-order chi connectivity index (χ0) is 20.9. The Morgan fingerprint density at radius 1 is 0.897 bits per heavy atom. The minimum absolute atomic E-state index is 0. The lowest BCUT2D eigenvalue weighted by atomic mass is 10.1. The minimum atomic E-state index is 0. The highest BCUT2D eigenvalue weighted by molar-refractivity contribution is 5.89. The van der Waals surface area contributed by atoms with Gasteiger partial charge >= 0.3 is 0 Å². The molecule has 4 rings (SSSR count). The van der Waals surface area contributed by atoms with E-state index in [4.69, 9.17) is 0 Å². The van der Waals surface area contributed by atoms with Crippen LogP contribution >= 0.6 is 0 Å².